The van der Waals surface area contributed by atoms with Gasteiger partial charge in [-0.15, -0.1) is 0 Å². The zero-order valence-corrected chi connectivity index (χ0v) is 17.3. The fourth-order valence-corrected chi connectivity index (χ4v) is 3.94. The maximum atomic E-state index is 13.1. The highest BCUT2D eigenvalue weighted by Gasteiger charge is 2.29. The molecular weight excluding hydrogens is 399 g/mol. The number of nitrogens with one attached hydrogen (secondary N) is 2. The first-order chi connectivity index (χ1) is 14.9. The fourth-order valence-electron chi connectivity index (χ4n) is 3.94. The lowest BCUT2D eigenvalue weighted by molar-refractivity contribution is -0.121. The summed E-state index contributed by atoms with van der Waals surface area (Å²) in [5.74, 6) is -0.508. The predicted octanol–water partition coefficient (Wildman–Crippen LogP) is 4.67. The van der Waals surface area contributed by atoms with Crippen molar-refractivity contribution in [2.75, 3.05) is 29.1 Å². The summed E-state index contributed by atoms with van der Waals surface area (Å²) in [4.78, 5) is 25.7. The highest BCUT2D eigenvalue weighted by Crippen LogP contribution is 2.32. The summed E-state index contributed by atoms with van der Waals surface area (Å²) < 4.78 is 13.1. The minimum absolute atomic E-state index is 0.0757. The molecule has 0 radical (unpaired) electrons. The first kappa shape index (κ1) is 22.1. The monoisotopic (exact) mass is 424 g/mol. The second-order valence-corrected chi connectivity index (χ2v) is 7.70. The van der Waals surface area contributed by atoms with E-state index in [0.29, 0.717) is 42.0 Å². The molecule has 1 aliphatic carbocycles. The number of hydrogen-bond donors (Lipinski definition) is 3. The van der Waals surface area contributed by atoms with Crippen LogP contribution in [0.1, 0.15) is 31.2 Å². The van der Waals surface area contributed by atoms with Gasteiger partial charge in [0.15, 0.2) is 0 Å². The van der Waals surface area contributed by atoms with Gasteiger partial charge in [-0.05, 0) is 74.1 Å². The number of nitrogens with zero attached hydrogens (tertiary/aromatic N) is 2. The molecule has 0 atom stereocenters. The SMILES string of the molecule is CNc1cc(C#N)ccc1NC(=O)C1CCC(CN(C(=O)O)c2ccc(F)cc2)CC1. The molecule has 0 spiro atoms. The molecule has 0 aromatic heterocycles. The van der Waals surface area contributed by atoms with E-state index in [4.69, 9.17) is 5.26 Å². The van der Waals surface area contributed by atoms with Crippen LogP contribution in [0.5, 0.6) is 0 Å². The minimum Gasteiger partial charge on any atom is -0.465 e. The summed E-state index contributed by atoms with van der Waals surface area (Å²) in [6, 6.07) is 12.5. The Labute approximate surface area is 180 Å². The summed E-state index contributed by atoms with van der Waals surface area (Å²) in [6.45, 7) is 0.314. The Balaban J connectivity index is 1.57. The minimum atomic E-state index is -1.08. The Morgan fingerprint density at radius 1 is 1.13 bits per heavy atom. The van der Waals surface area contributed by atoms with Gasteiger partial charge in [0.2, 0.25) is 5.91 Å². The van der Waals surface area contributed by atoms with Crippen molar-refractivity contribution in [3.8, 4) is 6.07 Å². The summed E-state index contributed by atoms with van der Waals surface area (Å²) in [6.07, 6.45) is 1.72. The van der Waals surface area contributed by atoms with E-state index in [1.54, 1.807) is 25.2 Å². The molecule has 7 nitrogen and oxygen atoms in total. The van der Waals surface area contributed by atoms with E-state index in [1.165, 1.54) is 29.2 Å². The number of nitriles is 1. The Morgan fingerprint density at radius 3 is 2.39 bits per heavy atom. The van der Waals surface area contributed by atoms with Gasteiger partial charge in [-0.2, -0.15) is 5.26 Å². The van der Waals surface area contributed by atoms with Crippen LogP contribution >= 0.6 is 0 Å². The average Bonchev–Trinajstić information content (AvgIpc) is 2.78. The lowest BCUT2D eigenvalue weighted by Gasteiger charge is -2.31. The van der Waals surface area contributed by atoms with Crippen LogP contribution in [0.3, 0.4) is 0 Å². The highest BCUT2D eigenvalue weighted by atomic mass is 19.1. The van der Waals surface area contributed by atoms with Gasteiger partial charge in [0.25, 0.3) is 0 Å². The van der Waals surface area contributed by atoms with Crippen molar-refractivity contribution in [2.24, 2.45) is 11.8 Å². The number of anilines is 3. The second kappa shape index (κ2) is 9.94. The number of halogens is 1. The predicted molar refractivity (Wildman–Crippen MR) is 117 cm³/mol. The largest absolute Gasteiger partial charge is 0.465 e. The molecule has 1 aliphatic rings. The van der Waals surface area contributed by atoms with Crippen molar-refractivity contribution >= 4 is 29.1 Å². The molecule has 1 fully saturated rings. The normalized spacial score (nSPS) is 18.0. The van der Waals surface area contributed by atoms with E-state index >= 15 is 0 Å². The van der Waals surface area contributed by atoms with E-state index in [9.17, 15) is 19.1 Å². The number of carboxylic acid groups (broad SMARTS) is 1. The van der Waals surface area contributed by atoms with Gasteiger partial charge in [-0.25, -0.2) is 9.18 Å². The zero-order chi connectivity index (χ0) is 22.4. The fraction of sp³-hybridized carbons (Fsp3) is 0.348. The first-order valence-electron chi connectivity index (χ1n) is 10.2. The van der Waals surface area contributed by atoms with Gasteiger partial charge in [0.1, 0.15) is 5.82 Å². The molecule has 0 heterocycles. The molecule has 2 amide bonds. The van der Waals surface area contributed by atoms with Gasteiger partial charge in [0, 0.05) is 25.2 Å². The van der Waals surface area contributed by atoms with Gasteiger partial charge >= 0.3 is 6.09 Å². The molecule has 31 heavy (non-hydrogen) atoms. The van der Waals surface area contributed by atoms with Crippen LogP contribution in [0, 0.1) is 29.0 Å². The van der Waals surface area contributed by atoms with Crippen molar-refractivity contribution < 1.29 is 19.1 Å². The summed E-state index contributed by atoms with van der Waals surface area (Å²) in [5.41, 5.74) is 2.25. The van der Waals surface area contributed by atoms with E-state index in [-0.39, 0.29) is 17.7 Å². The van der Waals surface area contributed by atoms with Crippen molar-refractivity contribution in [3.05, 3.63) is 53.8 Å². The maximum absolute atomic E-state index is 13.1. The number of benzene rings is 2. The molecule has 0 saturated heterocycles. The summed E-state index contributed by atoms with van der Waals surface area (Å²) in [5, 5.41) is 24.5. The smallest absolute Gasteiger partial charge is 0.411 e. The van der Waals surface area contributed by atoms with Crippen LogP contribution in [0.15, 0.2) is 42.5 Å². The maximum Gasteiger partial charge on any atom is 0.411 e. The molecule has 3 rings (SSSR count). The van der Waals surface area contributed by atoms with E-state index in [2.05, 4.69) is 16.7 Å². The second-order valence-electron chi connectivity index (χ2n) is 7.70. The van der Waals surface area contributed by atoms with Gasteiger partial charge < -0.3 is 15.7 Å². The van der Waals surface area contributed by atoms with Crippen molar-refractivity contribution in [3.63, 3.8) is 0 Å². The Kier molecular flexibility index (Phi) is 7.08. The van der Waals surface area contributed by atoms with Gasteiger partial charge in [-0.1, -0.05) is 0 Å². The number of carbonyl (C=O) groups is 2. The van der Waals surface area contributed by atoms with Crippen molar-refractivity contribution in [2.45, 2.75) is 25.7 Å². The van der Waals surface area contributed by atoms with E-state index in [0.717, 1.165) is 12.8 Å². The van der Waals surface area contributed by atoms with Crippen molar-refractivity contribution in [1.29, 1.82) is 5.26 Å². The molecule has 2 aromatic rings. The zero-order valence-electron chi connectivity index (χ0n) is 17.3. The standard InChI is InChI=1S/C23H25FN4O3/c1-26-21-12-16(13-25)4-11-20(21)27-22(29)17-5-2-15(3-6-17)14-28(23(30)31)19-9-7-18(24)8-10-19/h4,7-12,15,17,26H,2-3,5-6,14H2,1H3,(H,27,29)(H,30,31). The Bertz CT molecular complexity index is 979. The van der Waals surface area contributed by atoms with Crippen LogP contribution in [0.2, 0.25) is 0 Å². The molecule has 1 saturated carbocycles. The van der Waals surface area contributed by atoms with E-state index < -0.39 is 11.9 Å². The lowest BCUT2D eigenvalue weighted by atomic mass is 9.81. The molecule has 8 heteroatoms. The lowest BCUT2D eigenvalue weighted by Crippen LogP contribution is -2.37. The Morgan fingerprint density at radius 2 is 1.81 bits per heavy atom. The van der Waals surface area contributed by atoms with E-state index in [1.807, 2.05) is 0 Å². The van der Waals surface area contributed by atoms with Crippen LogP contribution in [-0.4, -0.2) is 30.7 Å². The summed E-state index contributed by atoms with van der Waals surface area (Å²) in [7, 11) is 1.73. The third-order valence-corrected chi connectivity index (χ3v) is 5.70. The van der Waals surface area contributed by atoms with Crippen LogP contribution in [-0.2, 0) is 4.79 Å². The topological polar surface area (TPSA) is 105 Å². The number of amides is 2. The highest BCUT2D eigenvalue weighted by molar-refractivity contribution is 5.96. The molecule has 0 aliphatic heterocycles. The molecular formula is C23H25FN4O3. The van der Waals surface area contributed by atoms with Crippen molar-refractivity contribution in [1.82, 2.24) is 0 Å². The van der Waals surface area contributed by atoms with Gasteiger partial charge in [0.05, 0.1) is 23.0 Å². The molecule has 162 valence electrons. The number of carbonyl (C=O) groups excluding carboxylic acids is 1. The van der Waals surface area contributed by atoms with Crippen LogP contribution < -0.4 is 15.5 Å². The first-order valence-corrected chi connectivity index (χ1v) is 10.2. The third kappa shape index (κ3) is 5.51. The molecule has 0 bridgehead atoms. The molecule has 3 N–H and O–H groups in total. The molecule has 2 aromatic carbocycles. The quantitative estimate of drug-likeness (QED) is 0.625. The number of rotatable bonds is 6. The molecule has 0 unspecified atom stereocenters. The van der Waals surface area contributed by atoms with Crippen LogP contribution in [0.4, 0.5) is 26.2 Å². The summed E-state index contributed by atoms with van der Waals surface area (Å²) >= 11 is 0. The number of hydrogen-bond acceptors (Lipinski definition) is 4. The average molecular weight is 424 g/mol. The Hall–Kier alpha value is -3.60. The van der Waals surface area contributed by atoms with Crippen LogP contribution in [0.25, 0.3) is 0 Å². The third-order valence-electron chi connectivity index (χ3n) is 5.70. The van der Waals surface area contributed by atoms with Gasteiger partial charge in [-0.3, -0.25) is 9.69 Å².